The summed E-state index contributed by atoms with van der Waals surface area (Å²) in [5.41, 5.74) is 4.92. The number of hydrogen-bond donors (Lipinski definition) is 2. The van der Waals surface area contributed by atoms with Gasteiger partial charge in [0.15, 0.2) is 5.82 Å². The number of nitrogens with zero attached hydrogens (tertiary/aromatic N) is 3. The molecule has 0 aliphatic heterocycles. The van der Waals surface area contributed by atoms with Gasteiger partial charge in [-0.2, -0.15) is 5.10 Å². The van der Waals surface area contributed by atoms with Crippen LogP contribution in [0.25, 0.3) is 17.1 Å². The third-order valence-corrected chi connectivity index (χ3v) is 6.41. The van der Waals surface area contributed by atoms with E-state index < -0.39 is 23.6 Å². The molecule has 2 N–H and O–H groups in total. The molecule has 9 heteroatoms. The first-order chi connectivity index (χ1) is 18.6. The van der Waals surface area contributed by atoms with E-state index in [1.165, 1.54) is 4.68 Å². The molecule has 192 valence electrons. The average Bonchev–Trinajstić information content (AvgIpc) is 3.43. The van der Waals surface area contributed by atoms with Crippen molar-refractivity contribution in [1.29, 1.82) is 0 Å². The van der Waals surface area contributed by atoms with Crippen LogP contribution in [-0.4, -0.2) is 44.5 Å². The van der Waals surface area contributed by atoms with Gasteiger partial charge >= 0.3 is 5.91 Å². The van der Waals surface area contributed by atoms with Crippen molar-refractivity contribution in [1.82, 2.24) is 25.6 Å². The molecule has 0 radical (unpaired) electrons. The molecule has 0 saturated heterocycles. The fraction of sp³-hybridized carbons (Fsp3) is 0.207. The first-order valence-corrected chi connectivity index (χ1v) is 12.5. The zero-order chi connectivity index (χ0) is 26.3. The summed E-state index contributed by atoms with van der Waals surface area (Å²) in [6, 6.07) is 22.8. The molecule has 9 nitrogen and oxygen atoms in total. The molecule has 1 fully saturated rings. The van der Waals surface area contributed by atoms with E-state index in [9.17, 15) is 14.4 Å². The molecule has 2 amide bonds. The number of hydroxylamine groups is 1. The third kappa shape index (κ3) is 5.84. The molecular weight excluding hydrogens is 482 g/mol. The van der Waals surface area contributed by atoms with Crippen molar-refractivity contribution in [2.75, 3.05) is 0 Å². The van der Waals surface area contributed by atoms with E-state index in [0.29, 0.717) is 5.82 Å². The monoisotopic (exact) mass is 509 g/mol. The second kappa shape index (κ2) is 11.6. The van der Waals surface area contributed by atoms with Crippen molar-refractivity contribution in [2.45, 2.75) is 37.8 Å². The van der Waals surface area contributed by atoms with Crippen molar-refractivity contribution in [2.24, 2.45) is 0 Å². The van der Waals surface area contributed by atoms with Crippen LogP contribution in [-0.2, 0) is 20.8 Å². The van der Waals surface area contributed by atoms with Gasteiger partial charge in [-0.1, -0.05) is 60.7 Å². The van der Waals surface area contributed by atoms with Crippen molar-refractivity contribution in [3.63, 3.8) is 0 Å². The predicted molar refractivity (Wildman–Crippen MR) is 140 cm³/mol. The Morgan fingerprint density at radius 3 is 2.39 bits per heavy atom. The second-order valence-corrected chi connectivity index (χ2v) is 9.07. The number of hydrogen-bond acceptors (Lipinski definition) is 6. The van der Waals surface area contributed by atoms with Gasteiger partial charge in [0.25, 0.3) is 5.91 Å². The summed E-state index contributed by atoms with van der Waals surface area (Å²) < 4.78 is 1.52. The first-order valence-electron chi connectivity index (χ1n) is 12.5. The number of Topliss-reactive ketones (excluding diaryl/α,β-unsaturated/α-hetero) is 1. The highest BCUT2D eigenvalue weighted by Crippen LogP contribution is 2.21. The van der Waals surface area contributed by atoms with Gasteiger partial charge in [-0.05, 0) is 43.0 Å². The molecule has 0 bridgehead atoms. The van der Waals surface area contributed by atoms with E-state index in [4.69, 9.17) is 4.84 Å². The Morgan fingerprint density at radius 1 is 0.947 bits per heavy atom. The lowest BCUT2D eigenvalue weighted by Crippen LogP contribution is -2.49. The van der Waals surface area contributed by atoms with Crippen molar-refractivity contribution < 1.29 is 19.2 Å². The first kappa shape index (κ1) is 25.0. The number of nitrogens with one attached hydrogen (secondary N) is 2. The highest BCUT2D eigenvalue weighted by atomic mass is 16.7. The molecule has 1 aliphatic rings. The number of carbonyl (C=O) groups excluding carboxylic acids is 3. The minimum Gasteiger partial charge on any atom is -0.341 e. The molecule has 5 rings (SSSR count). The van der Waals surface area contributed by atoms with Gasteiger partial charge in [-0.25, -0.2) is 15.1 Å². The Kier molecular flexibility index (Phi) is 7.65. The van der Waals surface area contributed by atoms with Gasteiger partial charge < -0.3 is 5.32 Å². The summed E-state index contributed by atoms with van der Waals surface area (Å²) in [5, 5.41) is 7.33. The van der Waals surface area contributed by atoms with Crippen molar-refractivity contribution in [3.8, 4) is 17.1 Å². The standard InChI is InChI=1S/C29H27N5O4/c35-26(29(37)33-38-22-13-7-14-22)25(19-20-9-3-1-4-10-20)31-28(36)23-15-8-17-30-27(23)34-18-16-24(32-34)21-11-5-2-6-12-21/h1-6,8-12,15-18,22,25H,7,13-14,19H2,(H,31,36)(H,33,37)/t25-/m0/s1. The molecular formula is C29H27N5O4. The molecule has 1 atom stereocenters. The van der Waals surface area contributed by atoms with Crippen LogP contribution >= 0.6 is 0 Å². The summed E-state index contributed by atoms with van der Waals surface area (Å²) in [4.78, 5) is 48.8. The van der Waals surface area contributed by atoms with E-state index in [-0.39, 0.29) is 18.1 Å². The van der Waals surface area contributed by atoms with Crippen molar-refractivity contribution in [3.05, 3.63) is 102 Å². The maximum atomic E-state index is 13.5. The SMILES string of the molecule is O=C(NOC1CCC1)C(=O)[C@H](Cc1ccccc1)NC(=O)c1cccnc1-n1ccc(-c2ccccc2)n1. The minimum absolute atomic E-state index is 0.0817. The number of carbonyl (C=O) groups is 3. The molecule has 4 aromatic rings. The summed E-state index contributed by atoms with van der Waals surface area (Å²) in [6.45, 7) is 0. The van der Waals surface area contributed by atoms with E-state index in [2.05, 4.69) is 20.9 Å². The quantitative estimate of drug-likeness (QED) is 0.250. The Bertz CT molecular complexity index is 1420. The van der Waals surface area contributed by atoms with E-state index in [1.54, 1.807) is 24.5 Å². The average molecular weight is 510 g/mol. The molecule has 2 heterocycles. The van der Waals surface area contributed by atoms with Crippen LogP contribution in [0.4, 0.5) is 0 Å². The summed E-state index contributed by atoms with van der Waals surface area (Å²) in [7, 11) is 0. The molecule has 2 aromatic heterocycles. The predicted octanol–water partition coefficient (Wildman–Crippen LogP) is 3.44. The number of rotatable bonds is 10. The van der Waals surface area contributed by atoms with Crippen molar-refractivity contribution >= 4 is 17.6 Å². The van der Waals surface area contributed by atoms with E-state index in [0.717, 1.165) is 36.1 Å². The van der Waals surface area contributed by atoms with Crippen LogP contribution in [0.3, 0.4) is 0 Å². The summed E-state index contributed by atoms with van der Waals surface area (Å²) in [6.07, 6.45) is 6.04. The zero-order valence-corrected chi connectivity index (χ0v) is 20.6. The highest BCUT2D eigenvalue weighted by molar-refractivity contribution is 6.38. The normalized spacial score (nSPS) is 13.8. The number of benzene rings is 2. The Balaban J connectivity index is 1.37. The summed E-state index contributed by atoms with van der Waals surface area (Å²) >= 11 is 0. The second-order valence-electron chi connectivity index (χ2n) is 9.07. The highest BCUT2D eigenvalue weighted by Gasteiger charge is 2.30. The van der Waals surface area contributed by atoms with Crippen LogP contribution in [0.5, 0.6) is 0 Å². The van der Waals surface area contributed by atoms with Gasteiger partial charge in [-0.15, -0.1) is 0 Å². The minimum atomic E-state index is -1.11. The maximum absolute atomic E-state index is 13.5. The zero-order valence-electron chi connectivity index (χ0n) is 20.6. The van der Waals surface area contributed by atoms with Crippen LogP contribution in [0.15, 0.2) is 91.3 Å². The number of pyridine rings is 1. The van der Waals surface area contributed by atoms with Crippen LogP contribution in [0, 0.1) is 0 Å². The van der Waals surface area contributed by atoms with Gasteiger partial charge in [0.05, 0.1) is 17.4 Å². The molecule has 0 unspecified atom stereocenters. The Hall–Kier alpha value is -4.63. The molecule has 0 spiro atoms. The lowest BCUT2D eigenvalue weighted by Gasteiger charge is -2.25. The lowest BCUT2D eigenvalue weighted by atomic mass is 9.97. The van der Waals surface area contributed by atoms with Gasteiger partial charge in [-0.3, -0.25) is 19.2 Å². The number of amides is 2. The fourth-order valence-corrected chi connectivity index (χ4v) is 4.09. The molecule has 1 aliphatic carbocycles. The van der Waals surface area contributed by atoms with Gasteiger partial charge in [0.2, 0.25) is 5.78 Å². The lowest BCUT2D eigenvalue weighted by molar-refractivity contribution is -0.152. The molecule has 1 saturated carbocycles. The maximum Gasteiger partial charge on any atom is 0.313 e. The number of aromatic nitrogens is 3. The van der Waals surface area contributed by atoms with E-state index in [1.807, 2.05) is 66.7 Å². The Morgan fingerprint density at radius 2 is 1.68 bits per heavy atom. The van der Waals surface area contributed by atoms with Crippen LogP contribution in [0.2, 0.25) is 0 Å². The summed E-state index contributed by atoms with van der Waals surface area (Å²) in [5.74, 6) is -1.94. The molecule has 38 heavy (non-hydrogen) atoms. The fourth-order valence-electron chi connectivity index (χ4n) is 4.09. The Labute approximate surface area is 219 Å². The van der Waals surface area contributed by atoms with Gasteiger partial charge in [0.1, 0.15) is 6.04 Å². The van der Waals surface area contributed by atoms with Crippen LogP contribution < -0.4 is 10.8 Å². The third-order valence-electron chi connectivity index (χ3n) is 6.41. The van der Waals surface area contributed by atoms with Crippen LogP contribution in [0.1, 0.15) is 35.2 Å². The molecule has 2 aromatic carbocycles. The number of ketones is 1. The topological polar surface area (TPSA) is 115 Å². The van der Waals surface area contributed by atoms with Gasteiger partial charge in [0, 0.05) is 24.4 Å². The smallest absolute Gasteiger partial charge is 0.313 e. The largest absolute Gasteiger partial charge is 0.341 e. The van der Waals surface area contributed by atoms with E-state index >= 15 is 0 Å².